The second-order valence-corrected chi connectivity index (χ2v) is 5.35. The quantitative estimate of drug-likeness (QED) is 0.401. The lowest BCUT2D eigenvalue weighted by molar-refractivity contribution is -0.137. The lowest BCUT2D eigenvalue weighted by Gasteiger charge is -2.30. The molecule has 0 spiro atoms. The molecule has 0 saturated carbocycles. The Hall–Kier alpha value is -1.03. The molecule has 1 rings (SSSR count). The third-order valence-electron chi connectivity index (χ3n) is 3.82. The van der Waals surface area contributed by atoms with E-state index < -0.39 is 0 Å². The number of unbranched alkanes of at least 4 members (excludes halogenated alkanes) is 2. The summed E-state index contributed by atoms with van der Waals surface area (Å²) in [6.45, 7) is 5.63. The number of aliphatic hydroxyl groups excluding tert-OH is 1. The van der Waals surface area contributed by atoms with Crippen molar-refractivity contribution in [2.45, 2.75) is 64.8 Å². The van der Waals surface area contributed by atoms with Gasteiger partial charge in [0.2, 0.25) is 0 Å². The molecule has 1 unspecified atom stereocenters. The summed E-state index contributed by atoms with van der Waals surface area (Å²) in [5, 5.41) is 9.27. The molecule has 1 aliphatic rings. The van der Waals surface area contributed by atoms with Gasteiger partial charge in [-0.2, -0.15) is 0 Å². The van der Waals surface area contributed by atoms with Crippen molar-refractivity contribution in [2.24, 2.45) is 0 Å². The van der Waals surface area contributed by atoms with E-state index in [1.54, 1.807) is 6.08 Å². The summed E-state index contributed by atoms with van der Waals surface area (Å²) < 4.78 is 5.00. The van der Waals surface area contributed by atoms with Crippen molar-refractivity contribution >= 4 is 5.97 Å². The van der Waals surface area contributed by atoms with Gasteiger partial charge < -0.3 is 14.7 Å². The molecule has 1 aliphatic heterocycles. The molecule has 0 amide bonds. The first-order valence-corrected chi connectivity index (χ1v) is 7.97. The van der Waals surface area contributed by atoms with Gasteiger partial charge in [-0.05, 0) is 32.6 Å². The minimum atomic E-state index is -0.245. The number of nitrogens with zero attached hydrogens (tertiary/aromatic N) is 1. The van der Waals surface area contributed by atoms with Crippen LogP contribution >= 0.6 is 0 Å². The van der Waals surface area contributed by atoms with Crippen molar-refractivity contribution < 1.29 is 14.6 Å². The van der Waals surface area contributed by atoms with Crippen LogP contribution in [0.15, 0.2) is 11.8 Å². The van der Waals surface area contributed by atoms with Gasteiger partial charge in [-0.25, -0.2) is 4.79 Å². The van der Waals surface area contributed by atoms with Crippen molar-refractivity contribution in [3.63, 3.8) is 0 Å². The first-order chi connectivity index (χ1) is 9.72. The van der Waals surface area contributed by atoms with Gasteiger partial charge in [0.15, 0.2) is 0 Å². The maximum atomic E-state index is 11.6. The van der Waals surface area contributed by atoms with Gasteiger partial charge in [0.1, 0.15) is 0 Å². The molecular formula is C16H29NO3. The predicted octanol–water partition coefficient (Wildman–Crippen LogP) is 2.86. The van der Waals surface area contributed by atoms with Crippen LogP contribution in [0.5, 0.6) is 0 Å². The second-order valence-electron chi connectivity index (χ2n) is 5.35. The summed E-state index contributed by atoms with van der Waals surface area (Å²) in [6, 6.07) is 0.356. The van der Waals surface area contributed by atoms with Crippen molar-refractivity contribution in [2.75, 3.05) is 19.8 Å². The lowest BCUT2D eigenvalue weighted by atomic mass is 10.0. The largest absolute Gasteiger partial charge is 0.463 e. The van der Waals surface area contributed by atoms with E-state index in [4.69, 9.17) is 4.74 Å². The van der Waals surface area contributed by atoms with E-state index in [0.717, 1.165) is 37.9 Å². The molecule has 4 heteroatoms. The third kappa shape index (κ3) is 5.53. The molecule has 0 aliphatic carbocycles. The Labute approximate surface area is 122 Å². The van der Waals surface area contributed by atoms with E-state index in [-0.39, 0.29) is 12.6 Å². The average Bonchev–Trinajstić information content (AvgIpc) is 2.86. The molecule has 0 bridgehead atoms. The first kappa shape index (κ1) is 17.0. The highest BCUT2D eigenvalue weighted by Crippen LogP contribution is 2.27. The smallest absolute Gasteiger partial charge is 0.332 e. The molecule has 1 atom stereocenters. The highest BCUT2D eigenvalue weighted by molar-refractivity contribution is 5.82. The Balaban J connectivity index is 2.64. The van der Waals surface area contributed by atoms with Gasteiger partial charge in [0.25, 0.3) is 0 Å². The summed E-state index contributed by atoms with van der Waals surface area (Å²) in [6.07, 6.45) is 9.16. The molecule has 0 aromatic heterocycles. The van der Waals surface area contributed by atoms with Gasteiger partial charge in [-0.3, -0.25) is 0 Å². The van der Waals surface area contributed by atoms with Crippen LogP contribution in [-0.2, 0) is 9.53 Å². The maximum absolute atomic E-state index is 11.6. The van der Waals surface area contributed by atoms with E-state index in [1.807, 2.05) is 6.92 Å². The predicted molar refractivity (Wildman–Crippen MR) is 80.3 cm³/mol. The summed E-state index contributed by atoms with van der Waals surface area (Å²) in [5.41, 5.74) is 1.08. The number of hydrogen-bond donors (Lipinski definition) is 1. The highest BCUT2D eigenvalue weighted by Gasteiger charge is 2.25. The molecule has 4 nitrogen and oxygen atoms in total. The molecule has 1 heterocycles. The van der Waals surface area contributed by atoms with Gasteiger partial charge in [0.05, 0.1) is 6.61 Å². The molecule has 1 saturated heterocycles. The van der Waals surface area contributed by atoms with E-state index in [2.05, 4.69) is 11.8 Å². The van der Waals surface area contributed by atoms with E-state index in [0.29, 0.717) is 12.6 Å². The molecule has 0 aromatic rings. The van der Waals surface area contributed by atoms with Crippen LogP contribution in [0.25, 0.3) is 0 Å². The Bertz CT molecular complexity index is 315. The van der Waals surface area contributed by atoms with Gasteiger partial charge in [-0.15, -0.1) is 0 Å². The Morgan fingerprint density at radius 1 is 1.40 bits per heavy atom. The topological polar surface area (TPSA) is 49.8 Å². The zero-order valence-corrected chi connectivity index (χ0v) is 12.9. The lowest BCUT2D eigenvalue weighted by Crippen LogP contribution is -2.32. The fourth-order valence-corrected chi connectivity index (χ4v) is 2.84. The number of ether oxygens (including phenoxy) is 1. The monoisotopic (exact) mass is 283 g/mol. The summed E-state index contributed by atoms with van der Waals surface area (Å²) in [4.78, 5) is 13.9. The van der Waals surface area contributed by atoms with E-state index in [9.17, 15) is 9.90 Å². The molecule has 0 aromatic carbocycles. The van der Waals surface area contributed by atoms with E-state index in [1.165, 1.54) is 19.3 Å². The van der Waals surface area contributed by atoms with Crippen LogP contribution in [0.4, 0.5) is 0 Å². The van der Waals surface area contributed by atoms with Crippen molar-refractivity contribution in [1.29, 1.82) is 0 Å². The number of carbonyl (C=O) groups excluding carboxylic acids is 1. The van der Waals surface area contributed by atoms with Crippen molar-refractivity contribution in [3.8, 4) is 0 Å². The minimum absolute atomic E-state index is 0.208. The summed E-state index contributed by atoms with van der Waals surface area (Å²) in [7, 11) is 0. The van der Waals surface area contributed by atoms with Crippen molar-refractivity contribution in [1.82, 2.24) is 4.90 Å². The second kappa shape index (κ2) is 9.81. The zero-order valence-electron chi connectivity index (χ0n) is 12.9. The fraction of sp³-hybridized carbons (Fsp3) is 0.812. The van der Waals surface area contributed by atoms with Crippen LogP contribution in [-0.4, -0.2) is 41.8 Å². The van der Waals surface area contributed by atoms with Crippen molar-refractivity contribution in [3.05, 3.63) is 11.8 Å². The number of esters is 1. The highest BCUT2D eigenvalue weighted by atomic mass is 16.5. The van der Waals surface area contributed by atoms with Gasteiger partial charge in [-0.1, -0.05) is 26.2 Å². The fourth-order valence-electron chi connectivity index (χ4n) is 2.84. The summed E-state index contributed by atoms with van der Waals surface area (Å²) >= 11 is 0. The molecule has 116 valence electrons. The number of aliphatic hydroxyl groups is 1. The average molecular weight is 283 g/mol. The van der Waals surface area contributed by atoms with Crippen LogP contribution in [0, 0.1) is 0 Å². The number of carbonyl (C=O) groups is 1. The Kier molecular flexibility index (Phi) is 8.35. The SMILES string of the molecule is CCCCCC(CCO)N1CCC/C1=C\C(=O)OCC. The normalized spacial score (nSPS) is 18.6. The van der Waals surface area contributed by atoms with Crippen LogP contribution in [0.1, 0.15) is 58.8 Å². The Morgan fingerprint density at radius 2 is 2.20 bits per heavy atom. The maximum Gasteiger partial charge on any atom is 0.332 e. The van der Waals surface area contributed by atoms with Crippen LogP contribution < -0.4 is 0 Å². The number of rotatable bonds is 9. The standard InChI is InChI=1S/C16H29NO3/c1-3-5-6-8-14(10-12-18)17-11-7-9-15(17)13-16(19)20-4-2/h13-14,18H,3-12H2,1-2H3/b15-13+. The molecule has 20 heavy (non-hydrogen) atoms. The zero-order chi connectivity index (χ0) is 14.8. The summed E-state index contributed by atoms with van der Waals surface area (Å²) in [5.74, 6) is -0.245. The first-order valence-electron chi connectivity index (χ1n) is 7.97. The van der Waals surface area contributed by atoms with Crippen LogP contribution in [0.2, 0.25) is 0 Å². The Morgan fingerprint density at radius 3 is 2.85 bits per heavy atom. The van der Waals surface area contributed by atoms with Gasteiger partial charge >= 0.3 is 5.97 Å². The minimum Gasteiger partial charge on any atom is -0.463 e. The van der Waals surface area contributed by atoms with Gasteiger partial charge in [0, 0.05) is 31.0 Å². The molecule has 1 fully saturated rings. The van der Waals surface area contributed by atoms with Crippen LogP contribution in [0.3, 0.4) is 0 Å². The number of hydrogen-bond acceptors (Lipinski definition) is 4. The van der Waals surface area contributed by atoms with E-state index >= 15 is 0 Å². The molecule has 0 radical (unpaired) electrons. The number of allylic oxidation sites excluding steroid dienone is 1. The third-order valence-corrected chi connectivity index (χ3v) is 3.82. The molecule has 1 N–H and O–H groups in total. The number of likely N-dealkylation sites (tertiary alicyclic amines) is 1. The molecular weight excluding hydrogens is 254 g/mol.